The van der Waals surface area contributed by atoms with Gasteiger partial charge in [-0.1, -0.05) is 26.8 Å². The SMILES string of the molecule is CCNC(c1c(C)cc(C)cc1F)C(C)C. The molecular weight excluding hydrogens is 201 g/mol. The zero-order valence-electron chi connectivity index (χ0n) is 10.9. The van der Waals surface area contributed by atoms with Crippen LogP contribution in [0.15, 0.2) is 12.1 Å². The smallest absolute Gasteiger partial charge is 0.128 e. The second-order valence-corrected chi connectivity index (χ2v) is 4.76. The molecule has 1 N–H and O–H groups in total. The molecule has 1 rings (SSSR count). The Morgan fingerprint density at radius 2 is 1.88 bits per heavy atom. The minimum Gasteiger partial charge on any atom is -0.310 e. The summed E-state index contributed by atoms with van der Waals surface area (Å²) < 4.78 is 14.0. The van der Waals surface area contributed by atoms with Crippen molar-refractivity contribution in [1.29, 1.82) is 0 Å². The predicted molar refractivity (Wildman–Crippen MR) is 67.1 cm³/mol. The fourth-order valence-electron chi connectivity index (χ4n) is 2.21. The number of rotatable bonds is 4. The standard InChI is InChI=1S/C14H22FN/c1-6-16-14(9(2)3)13-11(5)7-10(4)8-12(13)15/h7-9,14,16H,6H2,1-5H3. The van der Waals surface area contributed by atoms with Gasteiger partial charge < -0.3 is 5.32 Å². The minimum absolute atomic E-state index is 0.0860. The Balaban J connectivity index is 3.18. The Labute approximate surface area is 98.1 Å². The fraction of sp³-hybridized carbons (Fsp3) is 0.571. The van der Waals surface area contributed by atoms with Gasteiger partial charge in [-0.2, -0.15) is 0 Å². The van der Waals surface area contributed by atoms with E-state index in [9.17, 15) is 4.39 Å². The van der Waals surface area contributed by atoms with E-state index in [1.165, 1.54) is 0 Å². The van der Waals surface area contributed by atoms with Crippen molar-refractivity contribution in [2.45, 2.75) is 40.7 Å². The van der Waals surface area contributed by atoms with Crippen molar-refractivity contribution in [3.05, 3.63) is 34.6 Å². The zero-order valence-corrected chi connectivity index (χ0v) is 10.9. The molecule has 0 saturated carbocycles. The molecule has 0 spiro atoms. The molecule has 0 aliphatic carbocycles. The molecule has 1 aromatic carbocycles. The average molecular weight is 223 g/mol. The van der Waals surface area contributed by atoms with Crippen LogP contribution in [0.4, 0.5) is 4.39 Å². The van der Waals surface area contributed by atoms with Crippen LogP contribution in [0.25, 0.3) is 0 Å². The molecule has 1 atom stereocenters. The van der Waals surface area contributed by atoms with Crippen LogP contribution in [-0.2, 0) is 0 Å². The van der Waals surface area contributed by atoms with Crippen LogP contribution in [0.1, 0.15) is 43.5 Å². The van der Waals surface area contributed by atoms with E-state index in [4.69, 9.17) is 0 Å². The van der Waals surface area contributed by atoms with Crippen molar-refractivity contribution in [3.8, 4) is 0 Å². The third-order valence-corrected chi connectivity index (χ3v) is 2.88. The van der Waals surface area contributed by atoms with Crippen molar-refractivity contribution in [2.75, 3.05) is 6.54 Å². The Morgan fingerprint density at radius 3 is 2.31 bits per heavy atom. The Morgan fingerprint density at radius 1 is 1.25 bits per heavy atom. The van der Waals surface area contributed by atoms with Gasteiger partial charge in [-0.25, -0.2) is 4.39 Å². The Bertz CT molecular complexity index is 335. The summed E-state index contributed by atoms with van der Waals surface area (Å²) in [4.78, 5) is 0. The summed E-state index contributed by atoms with van der Waals surface area (Å²) in [5, 5.41) is 3.36. The van der Waals surface area contributed by atoms with Crippen molar-refractivity contribution in [1.82, 2.24) is 5.32 Å². The van der Waals surface area contributed by atoms with Crippen molar-refractivity contribution in [2.24, 2.45) is 5.92 Å². The minimum atomic E-state index is -0.0860. The predicted octanol–water partition coefficient (Wildman–Crippen LogP) is 3.75. The van der Waals surface area contributed by atoms with E-state index < -0.39 is 0 Å². The lowest BCUT2D eigenvalue weighted by Crippen LogP contribution is -2.27. The van der Waals surface area contributed by atoms with Gasteiger partial charge in [0.1, 0.15) is 5.82 Å². The third-order valence-electron chi connectivity index (χ3n) is 2.88. The van der Waals surface area contributed by atoms with Crippen LogP contribution in [-0.4, -0.2) is 6.54 Å². The molecule has 2 heteroatoms. The normalized spacial score (nSPS) is 13.2. The molecule has 1 aromatic rings. The highest BCUT2D eigenvalue weighted by molar-refractivity contribution is 5.34. The maximum absolute atomic E-state index is 14.0. The van der Waals surface area contributed by atoms with E-state index in [1.54, 1.807) is 6.07 Å². The lowest BCUT2D eigenvalue weighted by Gasteiger charge is -2.24. The van der Waals surface area contributed by atoms with Crippen molar-refractivity contribution < 1.29 is 4.39 Å². The lowest BCUT2D eigenvalue weighted by atomic mass is 9.91. The molecule has 0 bridgehead atoms. The van der Waals surface area contributed by atoms with Gasteiger partial charge in [0.2, 0.25) is 0 Å². The van der Waals surface area contributed by atoms with Gasteiger partial charge in [-0.05, 0) is 43.5 Å². The van der Waals surface area contributed by atoms with Crippen molar-refractivity contribution >= 4 is 0 Å². The molecule has 1 unspecified atom stereocenters. The summed E-state index contributed by atoms with van der Waals surface area (Å²) in [5.41, 5.74) is 2.84. The maximum atomic E-state index is 14.0. The molecule has 16 heavy (non-hydrogen) atoms. The highest BCUT2D eigenvalue weighted by Gasteiger charge is 2.20. The van der Waals surface area contributed by atoms with E-state index in [-0.39, 0.29) is 11.9 Å². The van der Waals surface area contributed by atoms with Crippen LogP contribution < -0.4 is 5.32 Å². The summed E-state index contributed by atoms with van der Waals surface area (Å²) in [6, 6.07) is 3.77. The number of nitrogens with one attached hydrogen (secondary N) is 1. The average Bonchev–Trinajstić information content (AvgIpc) is 2.14. The molecule has 90 valence electrons. The van der Waals surface area contributed by atoms with Gasteiger partial charge in [-0.15, -0.1) is 0 Å². The molecule has 1 nitrogen and oxygen atoms in total. The first kappa shape index (κ1) is 13.2. The van der Waals surface area contributed by atoms with Gasteiger partial charge in [0.15, 0.2) is 0 Å². The topological polar surface area (TPSA) is 12.0 Å². The first-order chi connectivity index (χ1) is 7.47. The fourth-order valence-corrected chi connectivity index (χ4v) is 2.21. The highest BCUT2D eigenvalue weighted by atomic mass is 19.1. The molecule has 0 amide bonds. The summed E-state index contributed by atoms with van der Waals surface area (Å²) in [5.74, 6) is 0.299. The monoisotopic (exact) mass is 223 g/mol. The maximum Gasteiger partial charge on any atom is 0.128 e. The molecule has 0 saturated heterocycles. The largest absolute Gasteiger partial charge is 0.310 e. The van der Waals surface area contributed by atoms with Gasteiger partial charge in [0.25, 0.3) is 0 Å². The number of hydrogen-bond acceptors (Lipinski definition) is 1. The first-order valence-electron chi connectivity index (χ1n) is 5.97. The van der Waals surface area contributed by atoms with Gasteiger partial charge in [-0.3, -0.25) is 0 Å². The van der Waals surface area contributed by atoms with Gasteiger partial charge in [0.05, 0.1) is 0 Å². The van der Waals surface area contributed by atoms with Crippen molar-refractivity contribution in [3.63, 3.8) is 0 Å². The summed E-state index contributed by atoms with van der Waals surface area (Å²) in [6.45, 7) is 11.1. The van der Waals surface area contributed by atoms with Crippen LogP contribution in [0, 0.1) is 25.6 Å². The Hall–Kier alpha value is -0.890. The number of aryl methyl sites for hydroxylation is 2. The molecule has 0 aliphatic rings. The Kier molecular flexibility index (Phi) is 4.48. The summed E-state index contributed by atoms with van der Waals surface area (Å²) in [7, 11) is 0. The molecule has 0 radical (unpaired) electrons. The van der Waals surface area contributed by atoms with Crippen LogP contribution >= 0.6 is 0 Å². The van der Waals surface area contributed by atoms with Gasteiger partial charge >= 0.3 is 0 Å². The summed E-state index contributed by atoms with van der Waals surface area (Å²) in [6.07, 6.45) is 0. The van der Waals surface area contributed by atoms with E-state index in [0.29, 0.717) is 5.92 Å². The molecule has 0 fully saturated rings. The molecule has 0 heterocycles. The van der Waals surface area contributed by atoms with E-state index in [2.05, 4.69) is 26.1 Å². The zero-order chi connectivity index (χ0) is 12.3. The molecule has 0 aromatic heterocycles. The second kappa shape index (κ2) is 5.44. The number of benzene rings is 1. The van der Waals surface area contributed by atoms with E-state index in [0.717, 1.165) is 23.2 Å². The third kappa shape index (κ3) is 2.82. The van der Waals surface area contributed by atoms with Crippen LogP contribution in [0.2, 0.25) is 0 Å². The summed E-state index contributed by atoms with van der Waals surface area (Å²) >= 11 is 0. The van der Waals surface area contributed by atoms with Crippen LogP contribution in [0.5, 0.6) is 0 Å². The lowest BCUT2D eigenvalue weighted by molar-refractivity contribution is 0.404. The molecule has 0 aliphatic heterocycles. The number of hydrogen-bond donors (Lipinski definition) is 1. The second-order valence-electron chi connectivity index (χ2n) is 4.76. The quantitative estimate of drug-likeness (QED) is 0.819. The number of halogens is 1. The highest BCUT2D eigenvalue weighted by Crippen LogP contribution is 2.28. The van der Waals surface area contributed by atoms with Crippen LogP contribution in [0.3, 0.4) is 0 Å². The van der Waals surface area contributed by atoms with Gasteiger partial charge in [0, 0.05) is 11.6 Å². The first-order valence-corrected chi connectivity index (χ1v) is 5.97. The molecular formula is C14H22FN. The van der Waals surface area contributed by atoms with E-state index in [1.807, 2.05) is 19.9 Å². The van der Waals surface area contributed by atoms with E-state index >= 15 is 0 Å².